The molecule has 104 valence electrons. The zero-order chi connectivity index (χ0) is 14.7. The van der Waals surface area contributed by atoms with E-state index in [1.165, 1.54) is 17.8 Å². The van der Waals surface area contributed by atoms with Gasteiger partial charge in [-0.3, -0.25) is 4.79 Å². The third-order valence-electron chi connectivity index (χ3n) is 2.89. The summed E-state index contributed by atoms with van der Waals surface area (Å²) >= 11 is 5.03. The summed E-state index contributed by atoms with van der Waals surface area (Å²) in [5, 5.41) is 10.0. The molecule has 0 N–H and O–H groups in total. The Bertz CT molecular complexity index is 731. The molecule has 0 amide bonds. The third-order valence-corrected chi connectivity index (χ3v) is 4.16. The maximum absolute atomic E-state index is 12.2. The van der Waals surface area contributed by atoms with Gasteiger partial charge < -0.3 is 4.42 Å². The second-order valence-electron chi connectivity index (χ2n) is 4.38. The predicted molar refractivity (Wildman–Crippen MR) is 85.5 cm³/mol. The molecule has 0 aliphatic heterocycles. The number of alkyl halides is 1. The molecule has 1 atom stereocenters. The van der Waals surface area contributed by atoms with Crippen molar-refractivity contribution in [3.05, 3.63) is 39.5 Å². The zero-order valence-electron chi connectivity index (χ0n) is 11.3. The quantitative estimate of drug-likeness (QED) is 0.604. The molecule has 1 aromatic heterocycles. The molecule has 0 bridgehead atoms. The molecule has 3 nitrogen and oxygen atoms in total. The molecule has 5 heteroatoms. The highest BCUT2D eigenvalue weighted by Gasteiger charge is 2.14. The molecule has 20 heavy (non-hydrogen) atoms. The van der Waals surface area contributed by atoms with Gasteiger partial charge in [-0.1, -0.05) is 34.6 Å². The Morgan fingerprint density at radius 2 is 2.20 bits per heavy atom. The van der Waals surface area contributed by atoms with Crippen LogP contribution in [0.5, 0.6) is 0 Å². The van der Waals surface area contributed by atoms with Crippen molar-refractivity contribution in [2.75, 3.05) is 5.75 Å². The normalized spacial score (nSPS) is 12.3. The maximum Gasteiger partial charge on any atom is 0.193 e. The van der Waals surface area contributed by atoms with Crippen LogP contribution in [0.1, 0.15) is 29.8 Å². The summed E-state index contributed by atoms with van der Waals surface area (Å²) in [5.41, 5.74) is 2.30. The van der Waals surface area contributed by atoms with Gasteiger partial charge >= 0.3 is 0 Å². The molecule has 0 fully saturated rings. The molecule has 0 saturated heterocycles. The van der Waals surface area contributed by atoms with E-state index in [2.05, 4.69) is 22.0 Å². The van der Waals surface area contributed by atoms with Crippen molar-refractivity contribution in [1.82, 2.24) is 0 Å². The fourth-order valence-electron chi connectivity index (χ4n) is 2.03. The van der Waals surface area contributed by atoms with Crippen molar-refractivity contribution in [1.29, 1.82) is 5.26 Å². The van der Waals surface area contributed by atoms with Gasteiger partial charge in [0.15, 0.2) is 10.5 Å². The topological polar surface area (TPSA) is 54.0 Å². The second-order valence-corrected chi connectivity index (χ2v) is 7.02. The molecule has 2 aromatic rings. The van der Waals surface area contributed by atoms with Crippen molar-refractivity contribution in [3.63, 3.8) is 0 Å². The first kappa shape index (κ1) is 15.1. The van der Waals surface area contributed by atoms with Crippen LogP contribution < -0.4 is 5.43 Å². The third kappa shape index (κ3) is 3.08. The molecule has 0 spiro atoms. The van der Waals surface area contributed by atoms with Gasteiger partial charge in [0.25, 0.3) is 0 Å². The summed E-state index contributed by atoms with van der Waals surface area (Å²) in [5.74, 6) is 0.847. The molecule has 0 radical (unpaired) electrons. The number of hydrogen-bond donors (Lipinski definition) is 0. The summed E-state index contributed by atoms with van der Waals surface area (Å²) in [6.45, 7) is 3.99. The van der Waals surface area contributed by atoms with E-state index in [1.807, 2.05) is 19.9 Å². The highest BCUT2D eigenvalue weighted by Crippen LogP contribution is 2.32. The maximum atomic E-state index is 12.2. The highest BCUT2D eigenvalue weighted by atomic mass is 79.9. The minimum absolute atomic E-state index is 0.0497. The van der Waals surface area contributed by atoms with Crippen LogP contribution >= 0.6 is 27.7 Å². The Morgan fingerprint density at radius 1 is 1.45 bits per heavy atom. The number of hydrogen-bond acceptors (Lipinski definition) is 4. The monoisotopic (exact) mass is 351 g/mol. The summed E-state index contributed by atoms with van der Waals surface area (Å²) in [6, 6.07) is 7.32. The van der Waals surface area contributed by atoms with Crippen molar-refractivity contribution in [3.8, 4) is 6.07 Å². The molecule has 1 aromatic carbocycles. The van der Waals surface area contributed by atoms with Crippen molar-refractivity contribution >= 4 is 38.7 Å². The summed E-state index contributed by atoms with van der Waals surface area (Å²) < 4.78 is 5.86. The highest BCUT2D eigenvalue weighted by molar-refractivity contribution is 9.09. The average molecular weight is 352 g/mol. The van der Waals surface area contributed by atoms with Gasteiger partial charge in [0.1, 0.15) is 5.58 Å². The van der Waals surface area contributed by atoms with Crippen LogP contribution in [0.4, 0.5) is 0 Å². The zero-order valence-corrected chi connectivity index (χ0v) is 13.7. The van der Waals surface area contributed by atoms with E-state index >= 15 is 0 Å². The number of nitriles is 1. The van der Waals surface area contributed by atoms with E-state index in [0.717, 1.165) is 16.9 Å². The SMILES string of the molecule is CCSc1cc(=O)c2cc(CC#N)cc(C(C)Br)c2o1. The fraction of sp³-hybridized carbons (Fsp3) is 0.333. The van der Waals surface area contributed by atoms with Crippen LogP contribution in [0.3, 0.4) is 0 Å². The lowest BCUT2D eigenvalue weighted by molar-refractivity contribution is 0.497. The molecule has 1 unspecified atom stereocenters. The fourth-order valence-corrected chi connectivity index (χ4v) is 2.98. The first-order chi connectivity index (χ1) is 9.56. The Morgan fingerprint density at radius 3 is 2.80 bits per heavy atom. The Labute approximate surface area is 130 Å². The largest absolute Gasteiger partial charge is 0.449 e. The number of halogens is 1. The minimum Gasteiger partial charge on any atom is -0.449 e. The summed E-state index contributed by atoms with van der Waals surface area (Å²) in [7, 11) is 0. The van der Waals surface area contributed by atoms with E-state index in [4.69, 9.17) is 9.68 Å². The molecule has 0 saturated carbocycles. The molecule has 2 rings (SSSR count). The number of benzene rings is 1. The summed E-state index contributed by atoms with van der Waals surface area (Å²) in [6.07, 6.45) is 0.285. The van der Waals surface area contributed by atoms with Crippen LogP contribution in [0.25, 0.3) is 11.0 Å². The van der Waals surface area contributed by atoms with Crippen LogP contribution in [0.15, 0.2) is 32.5 Å². The van der Waals surface area contributed by atoms with E-state index in [0.29, 0.717) is 16.1 Å². The van der Waals surface area contributed by atoms with E-state index in [1.54, 1.807) is 6.07 Å². The van der Waals surface area contributed by atoms with Gasteiger partial charge in [0.2, 0.25) is 0 Å². The smallest absolute Gasteiger partial charge is 0.193 e. The van der Waals surface area contributed by atoms with Gasteiger partial charge in [0.05, 0.1) is 17.9 Å². The van der Waals surface area contributed by atoms with Crippen molar-refractivity contribution < 1.29 is 4.42 Å². The molecule has 0 aliphatic carbocycles. The number of thioether (sulfide) groups is 1. The second kappa shape index (κ2) is 6.47. The lowest BCUT2D eigenvalue weighted by atomic mass is 10.0. The molecule has 0 aliphatic rings. The lowest BCUT2D eigenvalue weighted by Crippen LogP contribution is -2.03. The minimum atomic E-state index is -0.0589. The van der Waals surface area contributed by atoms with Gasteiger partial charge in [-0.25, -0.2) is 0 Å². The van der Waals surface area contributed by atoms with E-state index in [-0.39, 0.29) is 16.7 Å². The number of fused-ring (bicyclic) bond motifs is 1. The van der Waals surface area contributed by atoms with Crippen molar-refractivity contribution in [2.45, 2.75) is 30.2 Å². The first-order valence-corrected chi connectivity index (χ1v) is 8.21. The molecular weight excluding hydrogens is 338 g/mol. The average Bonchev–Trinajstić information content (AvgIpc) is 2.39. The van der Waals surface area contributed by atoms with Gasteiger partial charge in [-0.15, -0.1) is 0 Å². The molecule has 1 heterocycles. The van der Waals surface area contributed by atoms with Gasteiger partial charge in [-0.05, 0) is 30.4 Å². The number of rotatable bonds is 4. The van der Waals surface area contributed by atoms with E-state index < -0.39 is 0 Å². The van der Waals surface area contributed by atoms with E-state index in [9.17, 15) is 4.79 Å². The van der Waals surface area contributed by atoms with Crippen LogP contribution in [0.2, 0.25) is 0 Å². The van der Waals surface area contributed by atoms with Crippen LogP contribution in [0, 0.1) is 11.3 Å². The Kier molecular flexibility index (Phi) is 4.90. The Hall–Kier alpha value is -1.25. The first-order valence-electron chi connectivity index (χ1n) is 6.31. The van der Waals surface area contributed by atoms with Crippen LogP contribution in [-0.4, -0.2) is 5.75 Å². The predicted octanol–water partition coefficient (Wildman–Crippen LogP) is 4.43. The van der Waals surface area contributed by atoms with Crippen LogP contribution in [-0.2, 0) is 6.42 Å². The Balaban J connectivity index is 2.76. The van der Waals surface area contributed by atoms with Crippen molar-refractivity contribution in [2.24, 2.45) is 0 Å². The van der Waals surface area contributed by atoms with Gasteiger partial charge in [-0.2, -0.15) is 5.26 Å². The molecular formula is C15H14BrNO2S. The van der Waals surface area contributed by atoms with Gasteiger partial charge in [0, 0.05) is 16.5 Å². The summed E-state index contributed by atoms with van der Waals surface area (Å²) in [4.78, 5) is 12.3. The number of nitrogens with zero attached hydrogens (tertiary/aromatic N) is 1. The lowest BCUT2D eigenvalue weighted by Gasteiger charge is -2.10. The standard InChI is InChI=1S/C15H14BrNO2S/c1-3-20-14-8-13(18)12-7-10(4-5-17)6-11(9(2)16)15(12)19-14/h6-9H,3-4H2,1-2H3.